The molecule has 0 aromatic carbocycles. The molecule has 0 saturated carbocycles. The number of aliphatic hydroxyl groups excluding tert-OH is 1. The fourth-order valence-electron chi connectivity index (χ4n) is 1.16. The lowest BCUT2D eigenvalue weighted by atomic mass is 10.5. The predicted octanol–water partition coefficient (Wildman–Crippen LogP) is 0.707. The van der Waals surface area contributed by atoms with Crippen molar-refractivity contribution in [2.75, 3.05) is 0 Å². The fraction of sp³-hybridized carbons (Fsp3) is 0.222. The van der Waals surface area contributed by atoms with Crippen LogP contribution in [0.2, 0.25) is 0 Å². The highest BCUT2D eigenvalue weighted by molar-refractivity contribution is 7.91. The summed E-state index contributed by atoms with van der Waals surface area (Å²) in [6, 6.07) is 4.61. The molecule has 0 unspecified atom stereocenters. The second kappa shape index (κ2) is 4.96. The van der Waals surface area contributed by atoms with Crippen molar-refractivity contribution in [3.63, 3.8) is 0 Å². The maximum Gasteiger partial charge on any atom is 0.250 e. The molecule has 2 rings (SSSR count). The highest BCUT2D eigenvalue weighted by atomic mass is 32.2. The summed E-state index contributed by atoms with van der Waals surface area (Å²) in [4.78, 5) is 0.602. The molecule has 0 radical (unpaired) electrons. The molecule has 0 fully saturated rings. The standard InChI is InChI=1S/C9H10N2O4S2/c12-6-8-1-2-9(16-8)17(13,14)11-5-7-3-4-10-15-7/h1-4,11-12H,5-6H2. The molecular weight excluding hydrogens is 264 g/mol. The van der Waals surface area contributed by atoms with Crippen LogP contribution in [0.3, 0.4) is 0 Å². The van der Waals surface area contributed by atoms with Crippen molar-refractivity contribution in [1.82, 2.24) is 9.88 Å². The SMILES string of the molecule is O=S(=O)(NCc1ccno1)c1ccc(CO)s1. The van der Waals surface area contributed by atoms with Crippen molar-refractivity contribution in [2.45, 2.75) is 17.4 Å². The minimum absolute atomic E-state index is 0.0503. The van der Waals surface area contributed by atoms with Gasteiger partial charge in [0.15, 0.2) is 5.76 Å². The Hall–Kier alpha value is -1.22. The number of hydrogen-bond donors (Lipinski definition) is 2. The molecule has 2 N–H and O–H groups in total. The molecule has 2 heterocycles. The summed E-state index contributed by atoms with van der Waals surface area (Å²) in [7, 11) is -3.56. The van der Waals surface area contributed by atoms with Crippen LogP contribution in [0.25, 0.3) is 0 Å². The van der Waals surface area contributed by atoms with E-state index in [1.807, 2.05) is 0 Å². The van der Waals surface area contributed by atoms with Gasteiger partial charge in [-0.3, -0.25) is 0 Å². The van der Waals surface area contributed by atoms with Crippen LogP contribution in [0.4, 0.5) is 0 Å². The quantitative estimate of drug-likeness (QED) is 0.837. The zero-order chi connectivity index (χ0) is 12.3. The Morgan fingerprint density at radius 2 is 2.24 bits per heavy atom. The Balaban J connectivity index is 2.08. The number of sulfonamides is 1. The van der Waals surface area contributed by atoms with Crippen molar-refractivity contribution < 1.29 is 18.0 Å². The van der Waals surface area contributed by atoms with E-state index in [0.29, 0.717) is 10.6 Å². The Kier molecular flexibility index (Phi) is 3.57. The van der Waals surface area contributed by atoms with Gasteiger partial charge in [0.25, 0.3) is 0 Å². The molecule has 0 bridgehead atoms. The minimum atomic E-state index is -3.56. The smallest absolute Gasteiger partial charge is 0.250 e. The van der Waals surface area contributed by atoms with Crippen molar-refractivity contribution in [1.29, 1.82) is 0 Å². The molecule has 0 aliphatic rings. The van der Waals surface area contributed by atoms with E-state index in [1.165, 1.54) is 12.3 Å². The van der Waals surface area contributed by atoms with Gasteiger partial charge in [0.1, 0.15) is 4.21 Å². The summed E-state index contributed by atoms with van der Waals surface area (Å²) in [5.74, 6) is 0.438. The molecule has 6 nitrogen and oxygen atoms in total. The van der Waals surface area contributed by atoms with Gasteiger partial charge in [-0.1, -0.05) is 5.16 Å². The van der Waals surface area contributed by atoms with Crippen LogP contribution < -0.4 is 4.72 Å². The first-order chi connectivity index (χ1) is 8.12. The lowest BCUT2D eigenvalue weighted by Crippen LogP contribution is -2.22. The molecule has 92 valence electrons. The Morgan fingerprint density at radius 1 is 1.41 bits per heavy atom. The summed E-state index contributed by atoms with van der Waals surface area (Å²) >= 11 is 1.03. The molecule has 17 heavy (non-hydrogen) atoms. The van der Waals surface area contributed by atoms with Crippen LogP contribution in [-0.4, -0.2) is 18.7 Å². The average molecular weight is 274 g/mol. The lowest BCUT2D eigenvalue weighted by molar-refractivity contribution is 0.285. The molecule has 8 heteroatoms. The van der Waals surface area contributed by atoms with Crippen LogP contribution in [0, 0.1) is 0 Å². The number of hydrogen-bond acceptors (Lipinski definition) is 6. The highest BCUT2D eigenvalue weighted by Gasteiger charge is 2.16. The van der Waals surface area contributed by atoms with Crippen molar-refractivity contribution >= 4 is 21.4 Å². The van der Waals surface area contributed by atoms with E-state index in [1.54, 1.807) is 12.1 Å². The zero-order valence-electron chi connectivity index (χ0n) is 8.66. The Labute approximate surface area is 102 Å². The monoisotopic (exact) mass is 274 g/mol. The van der Waals surface area contributed by atoms with Gasteiger partial charge in [-0.2, -0.15) is 0 Å². The highest BCUT2D eigenvalue weighted by Crippen LogP contribution is 2.21. The van der Waals surface area contributed by atoms with Crippen LogP contribution in [-0.2, 0) is 23.2 Å². The fourth-order valence-corrected chi connectivity index (χ4v) is 3.41. The zero-order valence-corrected chi connectivity index (χ0v) is 10.3. The van der Waals surface area contributed by atoms with Crippen LogP contribution in [0.15, 0.2) is 33.1 Å². The van der Waals surface area contributed by atoms with E-state index in [0.717, 1.165) is 11.3 Å². The summed E-state index contributed by atoms with van der Waals surface area (Å²) < 4.78 is 31.0. The lowest BCUT2D eigenvalue weighted by Gasteiger charge is -2.01. The summed E-state index contributed by atoms with van der Waals surface area (Å²) in [5.41, 5.74) is 0. The maximum absolute atomic E-state index is 11.8. The second-order valence-electron chi connectivity index (χ2n) is 3.18. The molecule has 0 amide bonds. The van der Waals surface area contributed by atoms with E-state index in [-0.39, 0.29) is 17.4 Å². The largest absolute Gasteiger partial charge is 0.391 e. The normalized spacial score (nSPS) is 11.8. The number of nitrogens with one attached hydrogen (secondary N) is 1. The Morgan fingerprint density at radius 3 is 2.82 bits per heavy atom. The van der Waals surface area contributed by atoms with Gasteiger partial charge in [-0.05, 0) is 12.1 Å². The minimum Gasteiger partial charge on any atom is -0.391 e. The number of rotatable bonds is 5. The van der Waals surface area contributed by atoms with Crippen molar-refractivity contribution in [3.8, 4) is 0 Å². The van der Waals surface area contributed by atoms with E-state index < -0.39 is 10.0 Å². The Bertz CT molecular complexity index is 574. The average Bonchev–Trinajstić information content (AvgIpc) is 2.98. The first-order valence-electron chi connectivity index (χ1n) is 4.70. The maximum atomic E-state index is 11.8. The van der Waals surface area contributed by atoms with Gasteiger partial charge in [-0.25, -0.2) is 13.1 Å². The van der Waals surface area contributed by atoms with Gasteiger partial charge in [0, 0.05) is 10.9 Å². The van der Waals surface area contributed by atoms with Crippen LogP contribution >= 0.6 is 11.3 Å². The van der Waals surface area contributed by atoms with E-state index in [9.17, 15) is 8.42 Å². The van der Waals surface area contributed by atoms with E-state index in [4.69, 9.17) is 9.63 Å². The predicted molar refractivity (Wildman–Crippen MR) is 60.8 cm³/mol. The third-order valence-electron chi connectivity index (χ3n) is 1.99. The van der Waals surface area contributed by atoms with Gasteiger partial charge in [-0.15, -0.1) is 11.3 Å². The van der Waals surface area contributed by atoms with Gasteiger partial charge < -0.3 is 9.63 Å². The third kappa shape index (κ3) is 2.91. The summed E-state index contributed by atoms with van der Waals surface area (Å²) in [6.07, 6.45) is 1.44. The summed E-state index contributed by atoms with van der Waals surface area (Å²) in [6.45, 7) is -0.114. The van der Waals surface area contributed by atoms with E-state index >= 15 is 0 Å². The molecule has 0 aliphatic carbocycles. The van der Waals surface area contributed by atoms with E-state index in [2.05, 4.69) is 9.88 Å². The second-order valence-corrected chi connectivity index (χ2v) is 6.34. The first kappa shape index (κ1) is 12.2. The number of aliphatic hydroxyl groups is 1. The summed E-state index contributed by atoms with van der Waals surface area (Å²) in [5, 5.41) is 12.3. The molecular formula is C9H10N2O4S2. The van der Waals surface area contributed by atoms with Gasteiger partial charge in [0.05, 0.1) is 19.3 Å². The number of thiophene rings is 1. The van der Waals surface area contributed by atoms with Crippen molar-refractivity contribution in [3.05, 3.63) is 35.0 Å². The molecule has 2 aromatic rings. The van der Waals surface area contributed by atoms with Crippen molar-refractivity contribution in [2.24, 2.45) is 0 Å². The topological polar surface area (TPSA) is 92.4 Å². The molecule has 0 spiro atoms. The molecule has 0 saturated heterocycles. The number of nitrogens with zero attached hydrogens (tertiary/aromatic N) is 1. The molecule has 2 aromatic heterocycles. The first-order valence-corrected chi connectivity index (χ1v) is 7.00. The molecule has 0 aliphatic heterocycles. The van der Waals surface area contributed by atoms with Crippen LogP contribution in [0.5, 0.6) is 0 Å². The van der Waals surface area contributed by atoms with Gasteiger partial charge >= 0.3 is 0 Å². The van der Waals surface area contributed by atoms with Crippen LogP contribution in [0.1, 0.15) is 10.6 Å². The molecule has 0 atom stereocenters. The third-order valence-corrected chi connectivity index (χ3v) is 4.95. The van der Waals surface area contributed by atoms with Gasteiger partial charge in [0.2, 0.25) is 10.0 Å². The number of aromatic nitrogens is 1.